The number of anilines is 1. The number of aromatic nitrogens is 2. The van der Waals surface area contributed by atoms with Gasteiger partial charge in [0.2, 0.25) is 0 Å². The van der Waals surface area contributed by atoms with Gasteiger partial charge in [0, 0.05) is 12.1 Å². The summed E-state index contributed by atoms with van der Waals surface area (Å²) in [6.45, 7) is 10.2. The molecule has 4 rings (SSSR count). The highest BCUT2D eigenvalue weighted by Crippen LogP contribution is 2.35. The van der Waals surface area contributed by atoms with Gasteiger partial charge in [-0.2, -0.15) is 0 Å². The second kappa shape index (κ2) is 6.97. The predicted octanol–water partition coefficient (Wildman–Crippen LogP) is 4.07. The van der Waals surface area contributed by atoms with Crippen molar-refractivity contribution in [3.05, 3.63) is 69.3 Å². The summed E-state index contributed by atoms with van der Waals surface area (Å²) in [6.07, 6.45) is 1.24. The summed E-state index contributed by atoms with van der Waals surface area (Å²) in [5.41, 5.74) is 3.35. The first-order chi connectivity index (χ1) is 14.0. The molecule has 0 bridgehead atoms. The van der Waals surface area contributed by atoms with Crippen LogP contribution in [0.15, 0.2) is 41.2 Å². The summed E-state index contributed by atoms with van der Waals surface area (Å²) in [7, 11) is 0. The van der Waals surface area contributed by atoms with Crippen molar-refractivity contribution in [2.24, 2.45) is 5.41 Å². The van der Waals surface area contributed by atoms with Gasteiger partial charge in [-0.3, -0.25) is 9.59 Å². The van der Waals surface area contributed by atoms with Gasteiger partial charge in [-0.15, -0.1) is 0 Å². The van der Waals surface area contributed by atoms with Crippen LogP contribution in [0.3, 0.4) is 0 Å². The molecule has 1 aromatic heterocycles. The van der Waals surface area contributed by atoms with Crippen LogP contribution in [-0.4, -0.2) is 21.5 Å². The van der Waals surface area contributed by atoms with Gasteiger partial charge in [0.1, 0.15) is 11.5 Å². The Morgan fingerprint density at radius 1 is 1.00 bits per heavy atom. The molecule has 2 aromatic carbocycles. The van der Waals surface area contributed by atoms with E-state index in [4.69, 9.17) is 0 Å². The van der Waals surface area contributed by atoms with Gasteiger partial charge in [0.15, 0.2) is 0 Å². The minimum atomic E-state index is -0.600. The third kappa shape index (κ3) is 3.95. The molecule has 30 heavy (non-hydrogen) atoms. The molecule has 0 aliphatic carbocycles. The fraction of sp³-hybridized carbons (Fsp3) is 0.375. The Morgan fingerprint density at radius 3 is 2.47 bits per heavy atom. The molecular formula is C24H28N4O2. The predicted molar refractivity (Wildman–Crippen MR) is 120 cm³/mol. The summed E-state index contributed by atoms with van der Waals surface area (Å²) < 4.78 is 0. The highest BCUT2D eigenvalue weighted by Gasteiger charge is 2.38. The van der Waals surface area contributed by atoms with Crippen LogP contribution in [0.2, 0.25) is 0 Å². The number of aromatic amines is 1. The molecule has 6 nitrogen and oxygen atoms in total. The summed E-state index contributed by atoms with van der Waals surface area (Å²) in [5.74, 6) is 0.585. The number of carbonyl (C=O) groups is 1. The smallest absolute Gasteiger partial charge is 0.258 e. The highest BCUT2D eigenvalue weighted by atomic mass is 16.2. The molecule has 1 amide bonds. The van der Waals surface area contributed by atoms with E-state index in [0.717, 1.165) is 16.8 Å². The van der Waals surface area contributed by atoms with Crippen LogP contribution in [0.4, 0.5) is 5.69 Å². The number of nitrogens with one attached hydrogen (secondary N) is 3. The highest BCUT2D eigenvalue weighted by molar-refractivity contribution is 6.02. The number of fused-ring (bicyclic) bond motifs is 2. The third-order valence-electron chi connectivity index (χ3n) is 5.61. The number of hydrogen-bond acceptors (Lipinski definition) is 4. The lowest BCUT2D eigenvalue weighted by molar-refractivity contribution is 0.0880. The van der Waals surface area contributed by atoms with E-state index in [1.54, 1.807) is 0 Å². The fourth-order valence-corrected chi connectivity index (χ4v) is 4.55. The van der Waals surface area contributed by atoms with E-state index < -0.39 is 5.66 Å². The minimum Gasteiger partial charge on any atom is -0.362 e. The average molecular weight is 405 g/mol. The molecular weight excluding hydrogens is 376 g/mol. The second-order valence-corrected chi connectivity index (χ2v) is 9.51. The number of benzene rings is 2. The number of aryl methyl sites for hydroxylation is 2. The maximum Gasteiger partial charge on any atom is 0.258 e. The van der Waals surface area contributed by atoms with Gasteiger partial charge >= 0.3 is 0 Å². The van der Waals surface area contributed by atoms with E-state index in [1.807, 2.05) is 57.2 Å². The Hall–Kier alpha value is -3.15. The summed E-state index contributed by atoms with van der Waals surface area (Å²) in [5, 5.41) is 7.23. The first kappa shape index (κ1) is 20.1. The Balaban J connectivity index is 1.58. The second-order valence-electron chi connectivity index (χ2n) is 9.51. The van der Waals surface area contributed by atoms with Crippen molar-refractivity contribution < 1.29 is 4.79 Å². The van der Waals surface area contributed by atoms with E-state index in [-0.39, 0.29) is 16.9 Å². The molecule has 6 heteroatoms. The molecule has 0 radical (unpaired) electrons. The summed E-state index contributed by atoms with van der Waals surface area (Å²) >= 11 is 0. The normalized spacial score (nSPS) is 18.6. The fourth-order valence-electron chi connectivity index (χ4n) is 4.55. The molecule has 2 heterocycles. The quantitative estimate of drug-likeness (QED) is 0.612. The zero-order valence-electron chi connectivity index (χ0n) is 18.1. The molecule has 156 valence electrons. The van der Waals surface area contributed by atoms with E-state index in [9.17, 15) is 9.59 Å². The molecule has 0 saturated heterocycles. The zero-order chi connectivity index (χ0) is 21.7. The Bertz CT molecular complexity index is 1210. The third-order valence-corrected chi connectivity index (χ3v) is 5.61. The Kier molecular flexibility index (Phi) is 4.68. The lowest BCUT2D eigenvalue weighted by Crippen LogP contribution is -2.57. The topological polar surface area (TPSA) is 86.9 Å². The monoisotopic (exact) mass is 404 g/mol. The van der Waals surface area contributed by atoms with Crippen LogP contribution >= 0.6 is 0 Å². The van der Waals surface area contributed by atoms with Crippen LogP contribution in [0, 0.1) is 19.3 Å². The molecule has 3 aromatic rings. The zero-order valence-corrected chi connectivity index (χ0v) is 18.1. The van der Waals surface area contributed by atoms with Crippen molar-refractivity contribution in [3.63, 3.8) is 0 Å². The van der Waals surface area contributed by atoms with Crippen LogP contribution in [0.5, 0.6) is 0 Å². The standard InChI is InChI=1S/C24H28N4O2/c1-14-6-8-18-16(10-14)21(29)26-20(25-18)12-23(3,4)13-24(5)27-19-9-7-15(2)11-17(19)22(30)28-24/h6-11,27H,12-13H2,1-5H3,(H,28,30)(H,25,26,29). The van der Waals surface area contributed by atoms with Gasteiger partial charge < -0.3 is 15.6 Å². The van der Waals surface area contributed by atoms with Crippen LogP contribution in [-0.2, 0) is 6.42 Å². The SMILES string of the molecule is Cc1ccc2c(c1)C(=O)NC(C)(CC(C)(C)Cc1nc3ccc(C)cc3c(=O)[nH]1)N2. The van der Waals surface area contributed by atoms with Gasteiger partial charge in [0.05, 0.1) is 16.5 Å². The number of rotatable bonds is 4. The molecule has 3 N–H and O–H groups in total. The van der Waals surface area contributed by atoms with Crippen molar-refractivity contribution in [2.45, 2.75) is 53.1 Å². The Morgan fingerprint density at radius 2 is 1.70 bits per heavy atom. The number of hydrogen-bond donors (Lipinski definition) is 3. The first-order valence-electron chi connectivity index (χ1n) is 10.2. The van der Waals surface area contributed by atoms with Crippen molar-refractivity contribution >= 4 is 22.5 Å². The Labute approximate surface area is 176 Å². The average Bonchev–Trinajstić information content (AvgIpc) is 2.62. The molecule has 0 spiro atoms. The van der Waals surface area contributed by atoms with Gasteiger partial charge in [0.25, 0.3) is 11.5 Å². The number of nitrogens with zero attached hydrogens (tertiary/aromatic N) is 1. The van der Waals surface area contributed by atoms with Crippen LogP contribution in [0.1, 0.15) is 54.5 Å². The molecule has 1 aliphatic heterocycles. The number of H-pyrrole nitrogens is 1. The van der Waals surface area contributed by atoms with Crippen LogP contribution in [0.25, 0.3) is 10.9 Å². The lowest BCUT2D eigenvalue weighted by Gasteiger charge is -2.42. The minimum absolute atomic E-state index is 0.0710. The maximum absolute atomic E-state index is 12.7. The number of amides is 1. The molecule has 1 atom stereocenters. The molecule has 1 aliphatic rings. The van der Waals surface area contributed by atoms with Crippen LogP contribution < -0.4 is 16.2 Å². The first-order valence-corrected chi connectivity index (χ1v) is 10.2. The molecule has 0 fully saturated rings. The van der Waals surface area contributed by atoms with Crippen molar-refractivity contribution in [3.8, 4) is 0 Å². The number of carbonyl (C=O) groups excluding carboxylic acids is 1. The van der Waals surface area contributed by atoms with Crippen molar-refractivity contribution in [2.75, 3.05) is 5.32 Å². The van der Waals surface area contributed by atoms with E-state index in [2.05, 4.69) is 34.4 Å². The summed E-state index contributed by atoms with van der Waals surface area (Å²) in [4.78, 5) is 32.9. The lowest BCUT2D eigenvalue weighted by atomic mass is 9.79. The van der Waals surface area contributed by atoms with E-state index in [1.165, 1.54) is 0 Å². The maximum atomic E-state index is 12.7. The molecule has 0 saturated carbocycles. The van der Waals surface area contributed by atoms with Gasteiger partial charge in [-0.25, -0.2) is 4.98 Å². The van der Waals surface area contributed by atoms with Crippen molar-refractivity contribution in [1.29, 1.82) is 0 Å². The largest absolute Gasteiger partial charge is 0.362 e. The van der Waals surface area contributed by atoms with Gasteiger partial charge in [-0.05, 0) is 56.9 Å². The summed E-state index contributed by atoms with van der Waals surface area (Å²) in [6, 6.07) is 11.6. The van der Waals surface area contributed by atoms with Crippen molar-refractivity contribution in [1.82, 2.24) is 15.3 Å². The van der Waals surface area contributed by atoms with E-state index >= 15 is 0 Å². The molecule has 1 unspecified atom stereocenters. The van der Waals surface area contributed by atoms with E-state index in [0.29, 0.717) is 35.1 Å². The van der Waals surface area contributed by atoms with Gasteiger partial charge in [-0.1, -0.05) is 37.1 Å².